The summed E-state index contributed by atoms with van der Waals surface area (Å²) < 4.78 is 0. The van der Waals surface area contributed by atoms with Crippen molar-refractivity contribution in [3.05, 3.63) is 400 Å². The summed E-state index contributed by atoms with van der Waals surface area (Å²) in [5, 5.41) is 4.42. The fourth-order valence-electron chi connectivity index (χ4n) is 15.1. The first-order valence-corrected chi connectivity index (χ1v) is 38.5. The Balaban J connectivity index is 0.651. The van der Waals surface area contributed by atoms with E-state index in [1.807, 2.05) is 212 Å². The van der Waals surface area contributed by atoms with E-state index in [1.165, 1.54) is 0 Å². The van der Waals surface area contributed by atoms with Gasteiger partial charge in [0.25, 0.3) is 0 Å². The molecular weight excluding hydrogens is 1420 g/mol. The van der Waals surface area contributed by atoms with Crippen molar-refractivity contribution in [2.24, 2.45) is 0 Å². The molecule has 4 aromatic heterocycles. The van der Waals surface area contributed by atoms with Crippen molar-refractivity contribution in [2.75, 3.05) is 0 Å². The van der Waals surface area contributed by atoms with Gasteiger partial charge in [0.15, 0.2) is 69.9 Å². The minimum Gasteiger partial charge on any atom is -0.208 e. The van der Waals surface area contributed by atoms with E-state index in [0.717, 1.165) is 144 Å². The average molecular weight is 1480 g/mol. The molecule has 0 bridgehead atoms. The number of benzene rings is 16. The van der Waals surface area contributed by atoms with Crippen LogP contribution in [0.15, 0.2) is 400 Å². The first kappa shape index (κ1) is 69.3. The lowest BCUT2D eigenvalue weighted by Crippen LogP contribution is -2.00. The van der Waals surface area contributed by atoms with Gasteiger partial charge >= 0.3 is 0 Å². The van der Waals surface area contributed by atoms with E-state index in [-0.39, 0.29) is 0 Å². The summed E-state index contributed by atoms with van der Waals surface area (Å²) in [4.78, 5) is 61.0. The summed E-state index contributed by atoms with van der Waals surface area (Å²) in [6.45, 7) is 0. The smallest absolute Gasteiger partial charge is 0.164 e. The van der Waals surface area contributed by atoms with Crippen LogP contribution in [0.25, 0.3) is 214 Å². The molecule has 0 N–H and O–H groups in total. The van der Waals surface area contributed by atoms with Crippen molar-refractivity contribution >= 4 is 21.5 Å². The van der Waals surface area contributed by atoms with Crippen LogP contribution in [0.2, 0.25) is 0 Å². The van der Waals surface area contributed by atoms with Crippen LogP contribution in [0.3, 0.4) is 0 Å². The van der Waals surface area contributed by atoms with Gasteiger partial charge in [0, 0.05) is 66.8 Å². The van der Waals surface area contributed by atoms with Crippen molar-refractivity contribution in [1.29, 1.82) is 0 Å². The Bertz CT molecular complexity index is 6820. The first-order chi connectivity index (χ1) is 57.4. The third-order valence-corrected chi connectivity index (χ3v) is 20.9. The molecule has 0 fully saturated rings. The van der Waals surface area contributed by atoms with E-state index < -0.39 is 0 Å². The molecule has 0 aliphatic carbocycles. The summed E-state index contributed by atoms with van der Waals surface area (Å²) in [6.07, 6.45) is 0. The molecule has 542 valence electrons. The van der Waals surface area contributed by atoms with E-state index in [4.69, 9.17) is 59.8 Å². The molecule has 0 radical (unpaired) electrons. The standard InChI is InChI=1S/C104H66N12/c1-8-26-71(27-9-1)93-105-94(72-28-10-2-11-29-72)109-100(108-93)78-56-48-67(49-57-78)86-43-24-47-90-87(44-25-46-89(86)90)68-50-58-79(59-51-68)103-114-99(77-38-20-7-21-39-77)115-104(116-103)84-42-22-40-82(64-84)85-65-83-41-23-45-88(69-52-60-80(61-53-69)101-110-95(73-30-12-3-13-31-73)106-96(111-101)74-32-14-4-15-33-74)92(83)91(66-85)70-54-62-81(63-55-70)102-112-97(75-34-16-5-17-35-75)107-98(113-102)76-36-18-6-19-37-76/h1-66H. The van der Waals surface area contributed by atoms with Gasteiger partial charge in [0.1, 0.15) is 0 Å². The fourth-order valence-corrected chi connectivity index (χ4v) is 15.1. The molecule has 20 aromatic rings. The molecular formula is C104H66N12. The molecule has 0 atom stereocenters. The van der Waals surface area contributed by atoms with Crippen LogP contribution < -0.4 is 0 Å². The second-order valence-electron chi connectivity index (χ2n) is 28.3. The van der Waals surface area contributed by atoms with Gasteiger partial charge in [0.2, 0.25) is 0 Å². The molecule has 116 heavy (non-hydrogen) atoms. The highest BCUT2D eigenvalue weighted by Crippen LogP contribution is 2.43. The fraction of sp³-hybridized carbons (Fsp3) is 0. The summed E-state index contributed by atoms with van der Waals surface area (Å²) in [5.41, 5.74) is 21.2. The van der Waals surface area contributed by atoms with Gasteiger partial charge in [-0.15, -0.1) is 0 Å². The maximum Gasteiger partial charge on any atom is 0.164 e. The van der Waals surface area contributed by atoms with Crippen LogP contribution in [0.5, 0.6) is 0 Å². The van der Waals surface area contributed by atoms with E-state index in [1.54, 1.807) is 0 Å². The molecule has 4 heterocycles. The Morgan fingerprint density at radius 2 is 0.319 bits per heavy atom. The molecule has 0 aliphatic heterocycles. The Labute approximate surface area is 669 Å². The van der Waals surface area contributed by atoms with Gasteiger partial charge in [-0.25, -0.2) is 59.8 Å². The van der Waals surface area contributed by atoms with Crippen molar-refractivity contribution in [3.8, 4) is 192 Å². The molecule has 0 amide bonds. The van der Waals surface area contributed by atoms with Crippen LogP contribution in [-0.2, 0) is 0 Å². The maximum atomic E-state index is 5.34. The lowest BCUT2D eigenvalue weighted by atomic mass is 9.88. The second-order valence-corrected chi connectivity index (χ2v) is 28.3. The first-order valence-electron chi connectivity index (χ1n) is 38.5. The van der Waals surface area contributed by atoms with E-state index in [0.29, 0.717) is 69.9 Å². The molecule has 12 nitrogen and oxygen atoms in total. The highest BCUT2D eigenvalue weighted by molar-refractivity contribution is 6.09. The average Bonchev–Trinajstić information content (AvgIpc) is 0.757. The van der Waals surface area contributed by atoms with E-state index in [9.17, 15) is 0 Å². The van der Waals surface area contributed by atoms with Crippen LogP contribution in [-0.4, -0.2) is 59.8 Å². The molecule has 16 aromatic carbocycles. The Morgan fingerprint density at radius 3 is 0.612 bits per heavy atom. The van der Waals surface area contributed by atoms with Gasteiger partial charge in [-0.2, -0.15) is 0 Å². The van der Waals surface area contributed by atoms with Crippen molar-refractivity contribution < 1.29 is 0 Å². The normalized spacial score (nSPS) is 11.3. The Hall–Kier alpha value is -15.9. The number of nitrogens with zero attached hydrogens (tertiary/aromatic N) is 12. The minimum absolute atomic E-state index is 0.549. The zero-order chi connectivity index (χ0) is 77.1. The van der Waals surface area contributed by atoms with Gasteiger partial charge in [-0.05, 0) is 95.4 Å². The van der Waals surface area contributed by atoms with Gasteiger partial charge in [-0.3, -0.25) is 0 Å². The topological polar surface area (TPSA) is 155 Å². The van der Waals surface area contributed by atoms with Gasteiger partial charge in [0.05, 0.1) is 0 Å². The van der Waals surface area contributed by atoms with Crippen LogP contribution in [0.1, 0.15) is 0 Å². The molecule has 20 rings (SSSR count). The Morgan fingerprint density at radius 1 is 0.112 bits per heavy atom. The highest BCUT2D eigenvalue weighted by Gasteiger charge is 2.22. The SMILES string of the molecule is c1ccc(-c2nc(-c3ccccc3)nc(-c3ccc(-c4cccc5c(-c6ccc(-c7nc(-c8ccccc8)nc(-c8cccc(-c9cc(-c%10ccc(-c%11nc(-c%12ccccc%12)nc(-c%12ccccc%12)n%11)cc%10)c%10c(-c%11ccc(-c%12nc(-c%13ccccc%13)nc(-c%13ccccc%13)n%12)cc%11)cccc%10c9)c8)n7)cc6)cccc45)cc3)n2)cc1. The molecule has 0 aliphatic rings. The number of fused-ring (bicyclic) bond motifs is 2. The molecule has 0 saturated carbocycles. The summed E-state index contributed by atoms with van der Waals surface area (Å²) in [5.74, 6) is 7.10. The van der Waals surface area contributed by atoms with Crippen molar-refractivity contribution in [1.82, 2.24) is 59.8 Å². The zero-order valence-electron chi connectivity index (χ0n) is 62.5. The molecule has 0 unspecified atom stereocenters. The van der Waals surface area contributed by atoms with Gasteiger partial charge in [-0.1, -0.05) is 382 Å². The lowest BCUT2D eigenvalue weighted by molar-refractivity contribution is 1.07. The number of hydrogen-bond acceptors (Lipinski definition) is 12. The second kappa shape index (κ2) is 30.7. The van der Waals surface area contributed by atoms with E-state index in [2.05, 4.69) is 188 Å². The predicted octanol–water partition coefficient (Wildman–Crippen LogP) is 25.1. The summed E-state index contributed by atoms with van der Waals surface area (Å²) in [7, 11) is 0. The third kappa shape index (κ3) is 14.1. The molecule has 0 saturated heterocycles. The highest BCUT2D eigenvalue weighted by atomic mass is 15.1. The van der Waals surface area contributed by atoms with Crippen LogP contribution in [0, 0.1) is 0 Å². The van der Waals surface area contributed by atoms with Gasteiger partial charge < -0.3 is 0 Å². The van der Waals surface area contributed by atoms with Crippen LogP contribution >= 0.6 is 0 Å². The minimum atomic E-state index is 0.549. The Kier molecular flexibility index (Phi) is 18.4. The monoisotopic (exact) mass is 1480 g/mol. The lowest BCUT2D eigenvalue weighted by Gasteiger charge is -2.16. The van der Waals surface area contributed by atoms with E-state index >= 15 is 0 Å². The van der Waals surface area contributed by atoms with Crippen molar-refractivity contribution in [3.63, 3.8) is 0 Å². The number of aromatic nitrogens is 12. The zero-order valence-corrected chi connectivity index (χ0v) is 62.5. The molecule has 12 heteroatoms. The largest absolute Gasteiger partial charge is 0.208 e. The van der Waals surface area contributed by atoms with Crippen molar-refractivity contribution in [2.45, 2.75) is 0 Å². The third-order valence-electron chi connectivity index (χ3n) is 20.9. The van der Waals surface area contributed by atoms with Crippen LogP contribution in [0.4, 0.5) is 0 Å². The molecule has 0 spiro atoms. The quantitative estimate of drug-likeness (QED) is 0.0852. The number of rotatable bonds is 17. The maximum absolute atomic E-state index is 5.34. The summed E-state index contributed by atoms with van der Waals surface area (Å²) >= 11 is 0. The predicted molar refractivity (Wildman–Crippen MR) is 467 cm³/mol. The summed E-state index contributed by atoms with van der Waals surface area (Å²) in [6, 6.07) is 138. The number of hydrogen-bond donors (Lipinski definition) is 0.